The van der Waals surface area contributed by atoms with Crippen LogP contribution >= 0.6 is 0 Å². The number of hydrogen-bond acceptors (Lipinski definition) is 4. The van der Waals surface area contributed by atoms with Crippen molar-refractivity contribution in [1.29, 1.82) is 0 Å². The minimum absolute atomic E-state index is 0.0283. The molecule has 0 spiro atoms. The lowest BCUT2D eigenvalue weighted by atomic mass is 9.80. The molecular weight excluding hydrogens is 311 g/mol. The molecule has 134 valence electrons. The van der Waals surface area contributed by atoms with Crippen LogP contribution in [0.5, 0.6) is 0 Å². The summed E-state index contributed by atoms with van der Waals surface area (Å²) in [5.41, 5.74) is 0.309. The average Bonchev–Trinajstić information content (AvgIpc) is 2.55. The number of amides is 1. The Morgan fingerprint density at radius 3 is 2.54 bits per heavy atom. The third kappa shape index (κ3) is 4.32. The zero-order chi connectivity index (χ0) is 17.7. The van der Waals surface area contributed by atoms with Gasteiger partial charge in [0.1, 0.15) is 11.9 Å². The maximum Gasteiger partial charge on any atom is 0.244 e. The van der Waals surface area contributed by atoms with E-state index in [1.807, 2.05) is 0 Å². The van der Waals surface area contributed by atoms with E-state index in [4.69, 9.17) is 4.74 Å². The molecule has 1 aromatic carbocycles. The number of ether oxygens (including phenoxy) is 1. The predicted octanol–water partition coefficient (Wildman–Crippen LogP) is 1.68. The first-order valence-corrected chi connectivity index (χ1v) is 8.24. The molecule has 2 rings (SSSR count). The van der Waals surface area contributed by atoms with Crippen LogP contribution in [0.15, 0.2) is 24.3 Å². The molecule has 0 radical (unpaired) electrons. The maximum atomic E-state index is 13.6. The van der Waals surface area contributed by atoms with Crippen LogP contribution < -0.4 is 0 Å². The molecule has 0 aromatic heterocycles. The van der Waals surface area contributed by atoms with E-state index >= 15 is 0 Å². The van der Waals surface area contributed by atoms with Crippen molar-refractivity contribution in [3.05, 3.63) is 35.6 Å². The number of nitrogens with zero attached hydrogens (tertiary/aromatic N) is 2. The van der Waals surface area contributed by atoms with Gasteiger partial charge < -0.3 is 14.7 Å². The van der Waals surface area contributed by atoms with Gasteiger partial charge in [-0.15, -0.1) is 0 Å². The number of aliphatic hydroxyl groups is 1. The van der Waals surface area contributed by atoms with Gasteiger partial charge in [0, 0.05) is 32.2 Å². The van der Waals surface area contributed by atoms with Gasteiger partial charge in [0.2, 0.25) is 5.91 Å². The van der Waals surface area contributed by atoms with E-state index in [1.165, 1.54) is 12.1 Å². The van der Waals surface area contributed by atoms with E-state index < -0.39 is 6.04 Å². The fourth-order valence-electron chi connectivity index (χ4n) is 3.30. The molecular formula is C18H27FN2O3. The maximum absolute atomic E-state index is 13.6. The zero-order valence-electron chi connectivity index (χ0n) is 14.7. The highest BCUT2D eigenvalue weighted by Crippen LogP contribution is 2.32. The number of benzene rings is 1. The molecule has 1 aromatic rings. The summed E-state index contributed by atoms with van der Waals surface area (Å²) in [6.45, 7) is 1.69. The second-order valence-corrected chi connectivity index (χ2v) is 6.89. The van der Waals surface area contributed by atoms with Gasteiger partial charge in [0.25, 0.3) is 0 Å². The van der Waals surface area contributed by atoms with Gasteiger partial charge >= 0.3 is 0 Å². The fraction of sp³-hybridized carbons (Fsp3) is 0.611. The second kappa shape index (κ2) is 8.05. The third-order valence-corrected chi connectivity index (χ3v) is 4.75. The lowest BCUT2D eigenvalue weighted by Gasteiger charge is -2.39. The number of aliphatic hydroxyl groups excluding tert-OH is 1. The highest BCUT2D eigenvalue weighted by molar-refractivity contribution is 5.83. The van der Waals surface area contributed by atoms with Crippen molar-refractivity contribution in [2.75, 3.05) is 47.5 Å². The van der Waals surface area contributed by atoms with Gasteiger partial charge in [0.05, 0.1) is 6.61 Å². The Kier molecular flexibility index (Phi) is 6.32. The smallest absolute Gasteiger partial charge is 0.244 e. The van der Waals surface area contributed by atoms with Crippen molar-refractivity contribution in [3.8, 4) is 0 Å². The first-order chi connectivity index (χ1) is 11.4. The Morgan fingerprint density at radius 2 is 2.00 bits per heavy atom. The van der Waals surface area contributed by atoms with Crippen molar-refractivity contribution >= 4 is 5.91 Å². The summed E-state index contributed by atoms with van der Waals surface area (Å²) in [6.07, 6.45) is 1.46. The van der Waals surface area contributed by atoms with E-state index in [2.05, 4.69) is 0 Å². The second-order valence-electron chi connectivity index (χ2n) is 6.89. The molecule has 1 fully saturated rings. The molecule has 0 aliphatic carbocycles. The summed E-state index contributed by atoms with van der Waals surface area (Å²) >= 11 is 0. The van der Waals surface area contributed by atoms with Crippen LogP contribution in [0.4, 0.5) is 4.39 Å². The van der Waals surface area contributed by atoms with Gasteiger partial charge in [-0.25, -0.2) is 4.39 Å². The standard InChI is InChI=1S/C18H27FN2O3/c1-20(2)16(14-5-4-6-15(19)11-14)17(23)21(3)12-18(13-22)7-9-24-10-8-18/h4-6,11,16,22H,7-10,12-13H2,1-3H3/t16-/m0/s1. The van der Waals surface area contributed by atoms with Crippen LogP contribution in [0.1, 0.15) is 24.4 Å². The van der Waals surface area contributed by atoms with Crippen LogP contribution in [0.25, 0.3) is 0 Å². The fourth-order valence-corrected chi connectivity index (χ4v) is 3.30. The normalized spacial score (nSPS) is 18.4. The lowest BCUT2D eigenvalue weighted by Crippen LogP contribution is -2.47. The van der Waals surface area contributed by atoms with Crippen LogP contribution in [0, 0.1) is 11.2 Å². The molecule has 0 bridgehead atoms. The molecule has 1 N–H and O–H groups in total. The minimum atomic E-state index is -0.554. The molecule has 5 nitrogen and oxygen atoms in total. The Labute approximate surface area is 143 Å². The van der Waals surface area contributed by atoms with E-state index in [-0.39, 0.29) is 23.7 Å². The SMILES string of the molecule is CN(CC1(CO)CCOCC1)C(=O)[C@H](c1cccc(F)c1)N(C)C. The Morgan fingerprint density at radius 1 is 1.33 bits per heavy atom. The minimum Gasteiger partial charge on any atom is -0.396 e. The third-order valence-electron chi connectivity index (χ3n) is 4.75. The van der Waals surface area contributed by atoms with Gasteiger partial charge in [0.15, 0.2) is 0 Å². The zero-order valence-corrected chi connectivity index (χ0v) is 14.7. The Balaban J connectivity index is 2.17. The van der Waals surface area contributed by atoms with Crippen LogP contribution in [-0.2, 0) is 9.53 Å². The van der Waals surface area contributed by atoms with Crippen molar-refractivity contribution in [3.63, 3.8) is 0 Å². The largest absolute Gasteiger partial charge is 0.396 e. The van der Waals surface area contributed by atoms with Crippen molar-refractivity contribution in [2.45, 2.75) is 18.9 Å². The number of carbonyl (C=O) groups is 1. The van der Waals surface area contributed by atoms with E-state index in [0.29, 0.717) is 25.3 Å². The molecule has 1 aliphatic rings. The molecule has 0 saturated carbocycles. The topological polar surface area (TPSA) is 53.0 Å². The quantitative estimate of drug-likeness (QED) is 0.857. The molecule has 1 saturated heterocycles. The molecule has 6 heteroatoms. The van der Waals surface area contributed by atoms with Crippen LogP contribution in [-0.4, -0.2) is 68.3 Å². The first-order valence-electron chi connectivity index (χ1n) is 8.24. The van der Waals surface area contributed by atoms with Crippen molar-refractivity contribution < 1.29 is 19.0 Å². The number of rotatable bonds is 6. The van der Waals surface area contributed by atoms with E-state index in [9.17, 15) is 14.3 Å². The summed E-state index contributed by atoms with van der Waals surface area (Å²) in [4.78, 5) is 16.4. The Bertz CT molecular complexity index is 559. The Hall–Kier alpha value is -1.50. The van der Waals surface area contributed by atoms with E-state index in [1.54, 1.807) is 43.1 Å². The van der Waals surface area contributed by atoms with Gasteiger partial charge in [-0.2, -0.15) is 0 Å². The van der Waals surface area contributed by atoms with Crippen molar-refractivity contribution in [1.82, 2.24) is 9.80 Å². The van der Waals surface area contributed by atoms with Crippen LogP contribution in [0.3, 0.4) is 0 Å². The van der Waals surface area contributed by atoms with Gasteiger partial charge in [-0.1, -0.05) is 12.1 Å². The van der Waals surface area contributed by atoms with Gasteiger partial charge in [-0.3, -0.25) is 9.69 Å². The summed E-state index contributed by atoms with van der Waals surface area (Å²) < 4.78 is 18.9. The summed E-state index contributed by atoms with van der Waals surface area (Å²) in [5.74, 6) is -0.462. The van der Waals surface area contributed by atoms with Crippen molar-refractivity contribution in [2.24, 2.45) is 5.41 Å². The number of halogens is 1. The average molecular weight is 338 g/mol. The first kappa shape index (κ1) is 18.8. The summed E-state index contributed by atoms with van der Waals surface area (Å²) in [6, 6.07) is 5.58. The highest BCUT2D eigenvalue weighted by atomic mass is 19.1. The molecule has 24 heavy (non-hydrogen) atoms. The molecule has 1 aliphatic heterocycles. The monoisotopic (exact) mass is 338 g/mol. The molecule has 1 heterocycles. The van der Waals surface area contributed by atoms with Gasteiger partial charge in [-0.05, 0) is 44.6 Å². The summed E-state index contributed by atoms with van der Waals surface area (Å²) in [7, 11) is 5.35. The lowest BCUT2D eigenvalue weighted by molar-refractivity contribution is -0.138. The number of hydrogen-bond donors (Lipinski definition) is 1. The molecule has 1 amide bonds. The number of likely N-dealkylation sites (N-methyl/N-ethyl adjacent to an activating group) is 2. The number of carbonyl (C=O) groups excluding carboxylic acids is 1. The summed E-state index contributed by atoms with van der Waals surface area (Å²) in [5, 5.41) is 9.82. The molecule has 0 unspecified atom stereocenters. The predicted molar refractivity (Wildman–Crippen MR) is 90.0 cm³/mol. The van der Waals surface area contributed by atoms with Crippen LogP contribution in [0.2, 0.25) is 0 Å². The van der Waals surface area contributed by atoms with E-state index in [0.717, 1.165) is 12.8 Å². The highest BCUT2D eigenvalue weighted by Gasteiger charge is 2.36. The molecule has 1 atom stereocenters.